The number of halogens is 1. The molecule has 4 nitrogen and oxygen atoms in total. The lowest BCUT2D eigenvalue weighted by Gasteiger charge is -2.17. The molecule has 0 radical (unpaired) electrons. The van der Waals surface area contributed by atoms with Crippen molar-refractivity contribution in [3.05, 3.63) is 44.6 Å². The van der Waals surface area contributed by atoms with Crippen LogP contribution in [0.25, 0.3) is 0 Å². The summed E-state index contributed by atoms with van der Waals surface area (Å²) in [6.07, 6.45) is 0. The molecule has 0 saturated heterocycles. The number of phenolic OH excluding ortho intramolecular Hbond substituents is 2. The molecule has 0 spiro atoms. The monoisotopic (exact) mass is 341 g/mol. The standard InChI is InChI=1S/C13H12BrNO3S/c1-15(6-9-5-8(14)7-19-9)13(18)10-3-2-4-11(16)12(10)17/h2-5,7,16-17H,6H2,1H3. The zero-order chi connectivity index (χ0) is 14.0. The minimum absolute atomic E-state index is 0.0955. The molecule has 6 heteroatoms. The van der Waals surface area contributed by atoms with Gasteiger partial charge >= 0.3 is 0 Å². The fourth-order valence-electron chi connectivity index (χ4n) is 1.65. The Kier molecular flexibility index (Phi) is 4.11. The van der Waals surface area contributed by atoms with E-state index >= 15 is 0 Å². The average Bonchev–Trinajstić information content (AvgIpc) is 2.77. The van der Waals surface area contributed by atoms with E-state index in [2.05, 4.69) is 15.9 Å². The summed E-state index contributed by atoms with van der Waals surface area (Å²) in [7, 11) is 1.65. The second-order valence-corrected chi connectivity index (χ2v) is 5.98. The predicted octanol–water partition coefficient (Wildman–Crippen LogP) is 3.19. The molecule has 0 bridgehead atoms. The lowest BCUT2D eigenvalue weighted by atomic mass is 10.1. The molecule has 0 aliphatic heterocycles. The summed E-state index contributed by atoms with van der Waals surface area (Å²) in [5.41, 5.74) is 0.0955. The molecule has 0 fully saturated rings. The van der Waals surface area contributed by atoms with Crippen LogP contribution >= 0.6 is 27.3 Å². The lowest BCUT2D eigenvalue weighted by molar-refractivity contribution is 0.0782. The molecule has 0 unspecified atom stereocenters. The highest BCUT2D eigenvalue weighted by atomic mass is 79.9. The molecular formula is C13H12BrNO3S. The van der Waals surface area contributed by atoms with Gasteiger partial charge in [-0.2, -0.15) is 0 Å². The van der Waals surface area contributed by atoms with Gasteiger partial charge in [0.1, 0.15) is 0 Å². The van der Waals surface area contributed by atoms with Gasteiger partial charge in [-0.15, -0.1) is 11.3 Å². The van der Waals surface area contributed by atoms with Crippen molar-refractivity contribution >= 4 is 33.2 Å². The molecule has 1 amide bonds. The maximum atomic E-state index is 12.2. The number of nitrogens with zero attached hydrogens (tertiary/aromatic N) is 1. The fourth-order valence-corrected chi connectivity index (χ4v) is 3.16. The first-order valence-electron chi connectivity index (χ1n) is 5.48. The van der Waals surface area contributed by atoms with Gasteiger partial charge in [0.05, 0.1) is 12.1 Å². The second-order valence-electron chi connectivity index (χ2n) is 4.07. The molecule has 2 rings (SSSR count). The first kappa shape index (κ1) is 13.9. The van der Waals surface area contributed by atoms with Crippen molar-refractivity contribution in [3.63, 3.8) is 0 Å². The van der Waals surface area contributed by atoms with Gasteiger partial charge in [-0.05, 0) is 34.1 Å². The van der Waals surface area contributed by atoms with Gasteiger partial charge in [0, 0.05) is 21.8 Å². The average molecular weight is 342 g/mol. The van der Waals surface area contributed by atoms with E-state index in [0.29, 0.717) is 6.54 Å². The number of thiophene rings is 1. The van der Waals surface area contributed by atoms with Gasteiger partial charge in [0.25, 0.3) is 5.91 Å². The number of carbonyl (C=O) groups is 1. The Morgan fingerprint density at radius 3 is 2.79 bits per heavy atom. The van der Waals surface area contributed by atoms with E-state index in [1.54, 1.807) is 18.4 Å². The smallest absolute Gasteiger partial charge is 0.257 e. The molecule has 1 heterocycles. The zero-order valence-corrected chi connectivity index (χ0v) is 12.5. The topological polar surface area (TPSA) is 60.8 Å². The van der Waals surface area contributed by atoms with E-state index in [1.807, 2.05) is 11.4 Å². The Hall–Kier alpha value is -1.53. The third-order valence-electron chi connectivity index (χ3n) is 2.61. The molecule has 100 valence electrons. The number of rotatable bonds is 3. The van der Waals surface area contributed by atoms with Gasteiger partial charge in [-0.1, -0.05) is 6.07 Å². The Morgan fingerprint density at radius 1 is 1.42 bits per heavy atom. The maximum Gasteiger partial charge on any atom is 0.257 e. The van der Waals surface area contributed by atoms with Crippen LogP contribution in [0.2, 0.25) is 0 Å². The van der Waals surface area contributed by atoms with Crippen LogP contribution < -0.4 is 0 Å². The summed E-state index contributed by atoms with van der Waals surface area (Å²) < 4.78 is 0.980. The molecule has 2 N–H and O–H groups in total. The van der Waals surface area contributed by atoms with Crippen molar-refractivity contribution in [3.8, 4) is 11.5 Å². The number of aromatic hydroxyl groups is 2. The molecule has 0 atom stereocenters. The van der Waals surface area contributed by atoms with Crippen LogP contribution in [0, 0.1) is 0 Å². The highest BCUT2D eigenvalue weighted by molar-refractivity contribution is 9.10. The molecule has 1 aromatic heterocycles. The number of hydrogen-bond acceptors (Lipinski definition) is 4. The van der Waals surface area contributed by atoms with Crippen molar-refractivity contribution in [1.82, 2.24) is 4.90 Å². The highest BCUT2D eigenvalue weighted by Gasteiger charge is 2.18. The molecular weight excluding hydrogens is 330 g/mol. The number of phenols is 2. The van der Waals surface area contributed by atoms with Gasteiger partial charge in [-0.25, -0.2) is 0 Å². The van der Waals surface area contributed by atoms with Crippen molar-refractivity contribution < 1.29 is 15.0 Å². The van der Waals surface area contributed by atoms with Crippen LogP contribution in [0.4, 0.5) is 0 Å². The van der Waals surface area contributed by atoms with Crippen LogP contribution in [-0.2, 0) is 6.54 Å². The normalized spacial score (nSPS) is 10.4. The highest BCUT2D eigenvalue weighted by Crippen LogP contribution is 2.29. The number of para-hydroxylation sites is 1. The van der Waals surface area contributed by atoms with Crippen molar-refractivity contribution in [1.29, 1.82) is 0 Å². The van der Waals surface area contributed by atoms with Crippen LogP contribution in [0.3, 0.4) is 0 Å². The van der Waals surface area contributed by atoms with Gasteiger partial charge in [0.15, 0.2) is 11.5 Å². The van der Waals surface area contributed by atoms with Gasteiger partial charge in [-0.3, -0.25) is 4.79 Å². The second kappa shape index (κ2) is 5.63. The summed E-state index contributed by atoms with van der Waals surface area (Å²) in [5, 5.41) is 21.0. The number of carbonyl (C=O) groups excluding carboxylic acids is 1. The third kappa shape index (κ3) is 3.08. The van der Waals surface area contributed by atoms with E-state index in [4.69, 9.17) is 0 Å². The summed E-state index contributed by atoms with van der Waals surface area (Å²) in [6, 6.07) is 6.29. The van der Waals surface area contributed by atoms with E-state index in [0.717, 1.165) is 9.35 Å². The fraction of sp³-hybridized carbons (Fsp3) is 0.154. The van der Waals surface area contributed by atoms with Crippen LogP contribution in [0.1, 0.15) is 15.2 Å². The minimum Gasteiger partial charge on any atom is -0.504 e. The zero-order valence-electron chi connectivity index (χ0n) is 10.1. The third-order valence-corrected chi connectivity index (χ3v) is 4.29. The first-order chi connectivity index (χ1) is 8.99. The van der Waals surface area contributed by atoms with Crippen molar-refractivity contribution in [2.45, 2.75) is 6.54 Å². The Balaban J connectivity index is 2.17. The maximum absolute atomic E-state index is 12.2. The van der Waals surface area contributed by atoms with Crippen LogP contribution in [0.5, 0.6) is 11.5 Å². The quantitative estimate of drug-likeness (QED) is 0.842. The number of amides is 1. The molecule has 2 aromatic rings. The summed E-state index contributed by atoms with van der Waals surface area (Å²) in [6.45, 7) is 0.449. The Morgan fingerprint density at radius 2 is 2.16 bits per heavy atom. The van der Waals surface area contributed by atoms with Gasteiger partial charge in [0.2, 0.25) is 0 Å². The van der Waals surface area contributed by atoms with E-state index < -0.39 is 0 Å². The SMILES string of the molecule is CN(Cc1cc(Br)cs1)C(=O)c1cccc(O)c1O. The molecule has 1 aromatic carbocycles. The summed E-state index contributed by atoms with van der Waals surface area (Å²) in [4.78, 5) is 14.7. The van der Waals surface area contributed by atoms with Crippen LogP contribution in [0.15, 0.2) is 34.1 Å². The van der Waals surface area contributed by atoms with E-state index in [-0.39, 0.29) is 23.0 Å². The van der Waals surface area contributed by atoms with E-state index in [1.165, 1.54) is 23.1 Å². The molecule has 0 aliphatic carbocycles. The predicted molar refractivity (Wildman–Crippen MR) is 77.6 cm³/mol. The summed E-state index contributed by atoms with van der Waals surface area (Å²) >= 11 is 4.90. The van der Waals surface area contributed by atoms with Crippen molar-refractivity contribution in [2.75, 3.05) is 7.05 Å². The minimum atomic E-state index is -0.383. The largest absolute Gasteiger partial charge is 0.504 e. The van der Waals surface area contributed by atoms with E-state index in [9.17, 15) is 15.0 Å². The first-order valence-corrected chi connectivity index (χ1v) is 7.15. The van der Waals surface area contributed by atoms with Crippen LogP contribution in [-0.4, -0.2) is 28.1 Å². The molecule has 19 heavy (non-hydrogen) atoms. The summed E-state index contributed by atoms with van der Waals surface area (Å²) in [5.74, 6) is -1.01. The molecule has 0 aliphatic rings. The van der Waals surface area contributed by atoms with Crippen molar-refractivity contribution in [2.24, 2.45) is 0 Å². The lowest BCUT2D eigenvalue weighted by Crippen LogP contribution is -2.25. The number of hydrogen-bond donors (Lipinski definition) is 2. The van der Waals surface area contributed by atoms with Gasteiger partial charge < -0.3 is 15.1 Å². The Labute approximate surface area is 123 Å². The molecule has 0 saturated carbocycles. The number of benzene rings is 1. The Bertz CT molecular complexity index is 612.